The van der Waals surface area contributed by atoms with Crippen molar-refractivity contribution < 1.29 is 9.59 Å². The van der Waals surface area contributed by atoms with Crippen molar-refractivity contribution in [1.29, 1.82) is 0 Å². The molecule has 2 rings (SSSR count). The van der Waals surface area contributed by atoms with E-state index in [2.05, 4.69) is 27.1 Å². The third kappa shape index (κ3) is 4.16. The number of amides is 2. The lowest BCUT2D eigenvalue weighted by Crippen LogP contribution is -2.48. The normalized spacial score (nSPS) is 14.8. The van der Waals surface area contributed by atoms with Crippen molar-refractivity contribution in [2.24, 2.45) is 0 Å². The van der Waals surface area contributed by atoms with Gasteiger partial charge in [-0.3, -0.25) is 9.59 Å². The predicted octanol–water partition coefficient (Wildman–Crippen LogP) is 0.675. The van der Waals surface area contributed by atoms with Crippen molar-refractivity contribution in [3.8, 4) is 0 Å². The molecule has 1 saturated heterocycles. The van der Waals surface area contributed by atoms with E-state index in [1.807, 2.05) is 4.90 Å². The Morgan fingerprint density at radius 1 is 1.18 bits per heavy atom. The molecule has 22 heavy (non-hydrogen) atoms. The highest BCUT2D eigenvalue weighted by Crippen LogP contribution is 2.12. The minimum atomic E-state index is -0.186. The van der Waals surface area contributed by atoms with Crippen molar-refractivity contribution in [2.45, 2.75) is 26.7 Å². The van der Waals surface area contributed by atoms with Crippen LogP contribution in [0.25, 0.3) is 0 Å². The largest absolute Gasteiger partial charge is 0.352 e. The van der Waals surface area contributed by atoms with Crippen molar-refractivity contribution in [2.75, 3.05) is 37.6 Å². The molecule has 1 N–H and O–H groups in total. The van der Waals surface area contributed by atoms with Crippen LogP contribution in [0.5, 0.6) is 0 Å². The Morgan fingerprint density at radius 3 is 2.45 bits per heavy atom. The second kappa shape index (κ2) is 7.72. The Labute approximate surface area is 130 Å². The van der Waals surface area contributed by atoms with E-state index < -0.39 is 0 Å². The second-order valence-electron chi connectivity index (χ2n) is 5.36. The number of rotatable bonds is 5. The van der Waals surface area contributed by atoms with Gasteiger partial charge < -0.3 is 15.1 Å². The number of hydrogen-bond acceptors (Lipinski definition) is 5. The van der Waals surface area contributed by atoms with E-state index in [9.17, 15) is 9.59 Å². The van der Waals surface area contributed by atoms with E-state index in [0.29, 0.717) is 25.3 Å². The lowest BCUT2D eigenvalue weighted by Gasteiger charge is -2.34. The summed E-state index contributed by atoms with van der Waals surface area (Å²) in [4.78, 5) is 35.6. The van der Waals surface area contributed by atoms with Gasteiger partial charge in [-0.15, -0.1) is 0 Å². The van der Waals surface area contributed by atoms with Crippen molar-refractivity contribution in [3.05, 3.63) is 18.1 Å². The molecule has 1 aliphatic rings. The summed E-state index contributed by atoms with van der Waals surface area (Å²) in [5, 5.41) is 2.82. The smallest absolute Gasteiger partial charge is 0.271 e. The molecule has 2 amide bonds. The number of aromatic nitrogens is 2. The molecule has 2 heterocycles. The Bertz CT molecular complexity index is 509. The Balaban J connectivity index is 1.89. The number of nitrogens with one attached hydrogen (secondary N) is 1. The molecule has 7 nitrogen and oxygen atoms in total. The van der Waals surface area contributed by atoms with E-state index in [4.69, 9.17) is 0 Å². The fourth-order valence-electron chi connectivity index (χ4n) is 2.32. The van der Waals surface area contributed by atoms with Crippen LogP contribution in [0.1, 0.15) is 37.2 Å². The van der Waals surface area contributed by atoms with E-state index in [1.54, 1.807) is 13.1 Å². The molecule has 0 radical (unpaired) electrons. The fraction of sp³-hybridized carbons (Fsp3) is 0.600. The van der Waals surface area contributed by atoms with Gasteiger partial charge in [0.15, 0.2) is 0 Å². The zero-order valence-electron chi connectivity index (χ0n) is 13.2. The highest BCUT2D eigenvalue weighted by Gasteiger charge is 2.20. The molecule has 0 unspecified atom stereocenters. The molecule has 1 fully saturated rings. The molecule has 0 aliphatic carbocycles. The SMILES string of the molecule is CCCCNC(=O)c1cnc(N2CCN(C(C)=O)CC2)cn1. The quantitative estimate of drug-likeness (QED) is 0.809. The van der Waals surface area contributed by atoms with E-state index in [1.165, 1.54) is 6.20 Å². The van der Waals surface area contributed by atoms with Crippen LogP contribution >= 0.6 is 0 Å². The average Bonchev–Trinajstić information content (AvgIpc) is 2.55. The van der Waals surface area contributed by atoms with E-state index in [-0.39, 0.29) is 11.8 Å². The van der Waals surface area contributed by atoms with Gasteiger partial charge in [0.05, 0.1) is 12.4 Å². The van der Waals surface area contributed by atoms with Crippen molar-refractivity contribution in [3.63, 3.8) is 0 Å². The van der Waals surface area contributed by atoms with Crippen molar-refractivity contribution in [1.82, 2.24) is 20.2 Å². The van der Waals surface area contributed by atoms with Gasteiger partial charge in [-0.25, -0.2) is 9.97 Å². The maximum atomic E-state index is 11.9. The third-order valence-corrected chi connectivity index (χ3v) is 3.74. The van der Waals surface area contributed by atoms with Gasteiger partial charge in [0.1, 0.15) is 11.5 Å². The highest BCUT2D eigenvalue weighted by atomic mass is 16.2. The molecule has 1 aromatic rings. The number of anilines is 1. The molecule has 0 aromatic carbocycles. The van der Waals surface area contributed by atoms with Gasteiger partial charge in [0.25, 0.3) is 5.91 Å². The third-order valence-electron chi connectivity index (χ3n) is 3.74. The summed E-state index contributed by atoms with van der Waals surface area (Å²) in [6.07, 6.45) is 5.13. The lowest BCUT2D eigenvalue weighted by molar-refractivity contribution is -0.129. The van der Waals surface area contributed by atoms with Gasteiger partial charge in [0, 0.05) is 39.6 Å². The molecule has 0 bridgehead atoms. The lowest BCUT2D eigenvalue weighted by atomic mass is 10.3. The number of nitrogens with zero attached hydrogens (tertiary/aromatic N) is 4. The van der Waals surface area contributed by atoms with Crippen LogP contribution in [-0.4, -0.2) is 59.4 Å². The van der Waals surface area contributed by atoms with Crippen LogP contribution in [0.3, 0.4) is 0 Å². The number of unbranched alkanes of at least 4 members (excludes halogenated alkanes) is 1. The minimum absolute atomic E-state index is 0.102. The molecular weight excluding hydrogens is 282 g/mol. The summed E-state index contributed by atoms with van der Waals surface area (Å²) in [5.41, 5.74) is 0.335. The summed E-state index contributed by atoms with van der Waals surface area (Å²) < 4.78 is 0. The summed E-state index contributed by atoms with van der Waals surface area (Å²) in [5.74, 6) is 0.659. The van der Waals surface area contributed by atoms with Gasteiger partial charge >= 0.3 is 0 Å². The van der Waals surface area contributed by atoms with Gasteiger partial charge in [-0.2, -0.15) is 0 Å². The van der Waals surface area contributed by atoms with Gasteiger partial charge in [0.2, 0.25) is 5.91 Å². The molecule has 0 spiro atoms. The topological polar surface area (TPSA) is 78.4 Å². The van der Waals surface area contributed by atoms with Crippen LogP contribution in [0.2, 0.25) is 0 Å². The molecule has 1 aromatic heterocycles. The average molecular weight is 305 g/mol. The maximum absolute atomic E-state index is 11.9. The molecular formula is C15H23N5O2. The first-order valence-electron chi connectivity index (χ1n) is 7.72. The van der Waals surface area contributed by atoms with Crippen LogP contribution in [0, 0.1) is 0 Å². The van der Waals surface area contributed by atoms with Crippen LogP contribution in [0.15, 0.2) is 12.4 Å². The van der Waals surface area contributed by atoms with Crippen LogP contribution < -0.4 is 10.2 Å². The van der Waals surface area contributed by atoms with Crippen molar-refractivity contribution >= 4 is 17.6 Å². The van der Waals surface area contributed by atoms with Gasteiger partial charge in [-0.05, 0) is 6.42 Å². The summed E-state index contributed by atoms with van der Waals surface area (Å²) in [6.45, 7) is 7.17. The number of hydrogen-bond donors (Lipinski definition) is 1. The first-order valence-corrected chi connectivity index (χ1v) is 7.72. The summed E-state index contributed by atoms with van der Waals surface area (Å²) in [7, 11) is 0. The first-order chi connectivity index (χ1) is 10.6. The minimum Gasteiger partial charge on any atom is -0.352 e. The Hall–Kier alpha value is -2.18. The highest BCUT2D eigenvalue weighted by molar-refractivity contribution is 5.91. The maximum Gasteiger partial charge on any atom is 0.271 e. The van der Waals surface area contributed by atoms with E-state index >= 15 is 0 Å². The number of piperazine rings is 1. The summed E-state index contributed by atoms with van der Waals surface area (Å²) >= 11 is 0. The van der Waals surface area contributed by atoms with Crippen LogP contribution in [0.4, 0.5) is 5.82 Å². The summed E-state index contributed by atoms with van der Waals surface area (Å²) in [6, 6.07) is 0. The second-order valence-corrected chi connectivity index (χ2v) is 5.36. The Kier molecular flexibility index (Phi) is 5.68. The molecule has 120 valence electrons. The molecule has 0 atom stereocenters. The Morgan fingerprint density at radius 2 is 1.91 bits per heavy atom. The predicted molar refractivity (Wildman–Crippen MR) is 83.7 cm³/mol. The number of carbonyl (C=O) groups is 2. The fourth-order valence-corrected chi connectivity index (χ4v) is 2.32. The first kappa shape index (κ1) is 16.2. The van der Waals surface area contributed by atoms with E-state index in [0.717, 1.165) is 31.7 Å². The molecule has 1 aliphatic heterocycles. The van der Waals surface area contributed by atoms with Gasteiger partial charge in [-0.1, -0.05) is 13.3 Å². The zero-order chi connectivity index (χ0) is 15.9. The molecule has 0 saturated carbocycles. The zero-order valence-corrected chi connectivity index (χ0v) is 13.2. The number of carbonyl (C=O) groups excluding carboxylic acids is 2. The van der Waals surface area contributed by atoms with Crippen LogP contribution in [-0.2, 0) is 4.79 Å². The molecule has 7 heteroatoms. The monoisotopic (exact) mass is 305 g/mol. The standard InChI is InChI=1S/C15H23N5O2/c1-3-4-5-16-15(22)13-10-18-14(11-17-13)20-8-6-19(7-9-20)12(2)21/h10-11H,3-9H2,1-2H3,(H,16,22).